The second-order valence-electron chi connectivity index (χ2n) is 7.76. The van der Waals surface area contributed by atoms with Crippen LogP contribution in [0, 0.1) is 0 Å². The van der Waals surface area contributed by atoms with E-state index in [9.17, 15) is 9.59 Å². The average molecular weight is 382 g/mol. The Morgan fingerprint density at radius 1 is 1.18 bits per heavy atom. The van der Waals surface area contributed by atoms with Crippen LogP contribution in [0.1, 0.15) is 33.6 Å². The summed E-state index contributed by atoms with van der Waals surface area (Å²) in [7, 11) is 0. The van der Waals surface area contributed by atoms with Crippen molar-refractivity contribution in [1.29, 1.82) is 0 Å². The summed E-state index contributed by atoms with van der Waals surface area (Å²) < 4.78 is 5.49. The largest absolute Gasteiger partial charge is 0.444 e. The number of amides is 2. The number of hydrogen-bond acceptors (Lipinski definition) is 5. The van der Waals surface area contributed by atoms with E-state index >= 15 is 0 Å². The summed E-state index contributed by atoms with van der Waals surface area (Å²) in [6.45, 7) is 5.90. The van der Waals surface area contributed by atoms with Crippen LogP contribution in [0.15, 0.2) is 48.7 Å². The molecule has 2 N–H and O–H groups in total. The summed E-state index contributed by atoms with van der Waals surface area (Å²) in [6.07, 6.45) is 2.41. The standard InChI is InChI=1S/C21H26N4O3/c1-21(2,3)28-20(27)24-14-8-12-17(24)19(26)25(15-9-5-4-6-10-15)18-16(22)11-7-13-23-18/h4-7,9-11,13,17H,8,12,14,22H2,1-3H3. The lowest BCUT2D eigenvalue weighted by molar-refractivity contribution is -0.122. The maximum Gasteiger partial charge on any atom is 0.410 e. The fraction of sp³-hybridized carbons (Fsp3) is 0.381. The van der Waals surface area contributed by atoms with E-state index < -0.39 is 17.7 Å². The van der Waals surface area contributed by atoms with Crippen molar-refractivity contribution in [2.45, 2.75) is 45.3 Å². The monoisotopic (exact) mass is 382 g/mol. The summed E-state index contributed by atoms with van der Waals surface area (Å²) in [6, 6.07) is 12.0. The van der Waals surface area contributed by atoms with Gasteiger partial charge in [0.15, 0.2) is 5.82 Å². The molecule has 7 nitrogen and oxygen atoms in total. The van der Waals surface area contributed by atoms with Crippen LogP contribution >= 0.6 is 0 Å². The number of rotatable bonds is 3. The van der Waals surface area contributed by atoms with Crippen LogP contribution in [-0.4, -0.2) is 40.1 Å². The first-order chi connectivity index (χ1) is 13.3. The molecule has 2 amide bonds. The van der Waals surface area contributed by atoms with Crippen LogP contribution in [0.4, 0.5) is 22.0 Å². The van der Waals surface area contributed by atoms with Crippen LogP contribution < -0.4 is 10.6 Å². The molecule has 1 saturated heterocycles. The molecule has 1 unspecified atom stereocenters. The third kappa shape index (κ3) is 4.24. The molecule has 1 aliphatic heterocycles. The minimum Gasteiger partial charge on any atom is -0.444 e. The van der Waals surface area contributed by atoms with Crippen molar-refractivity contribution in [3.8, 4) is 0 Å². The van der Waals surface area contributed by atoms with Gasteiger partial charge in [-0.25, -0.2) is 9.78 Å². The maximum absolute atomic E-state index is 13.6. The zero-order valence-electron chi connectivity index (χ0n) is 16.5. The number of likely N-dealkylation sites (tertiary alicyclic amines) is 1. The average Bonchev–Trinajstić information content (AvgIpc) is 3.13. The van der Waals surface area contributed by atoms with Gasteiger partial charge in [-0.05, 0) is 57.9 Å². The number of aromatic nitrogens is 1. The number of pyridine rings is 1. The van der Waals surface area contributed by atoms with Crippen molar-refractivity contribution < 1.29 is 14.3 Å². The molecular weight excluding hydrogens is 356 g/mol. The molecule has 1 fully saturated rings. The van der Waals surface area contributed by atoms with Gasteiger partial charge >= 0.3 is 6.09 Å². The van der Waals surface area contributed by atoms with Crippen LogP contribution in [-0.2, 0) is 9.53 Å². The van der Waals surface area contributed by atoms with Gasteiger partial charge in [0, 0.05) is 12.7 Å². The number of nitrogens with zero attached hydrogens (tertiary/aromatic N) is 3. The molecule has 1 aliphatic rings. The lowest BCUT2D eigenvalue weighted by Gasteiger charge is -2.31. The van der Waals surface area contributed by atoms with E-state index in [4.69, 9.17) is 10.5 Å². The molecule has 7 heteroatoms. The highest BCUT2D eigenvalue weighted by Crippen LogP contribution is 2.32. The number of nitrogen functional groups attached to an aromatic ring is 1. The second-order valence-corrected chi connectivity index (χ2v) is 7.76. The van der Waals surface area contributed by atoms with Crippen LogP contribution in [0.3, 0.4) is 0 Å². The molecule has 0 saturated carbocycles. The molecule has 1 aromatic heterocycles. The van der Waals surface area contributed by atoms with Crippen molar-refractivity contribution in [3.63, 3.8) is 0 Å². The maximum atomic E-state index is 13.6. The number of anilines is 3. The number of para-hydroxylation sites is 1. The quantitative estimate of drug-likeness (QED) is 0.874. The number of benzene rings is 1. The molecule has 0 radical (unpaired) electrons. The minimum atomic E-state index is -0.628. The smallest absolute Gasteiger partial charge is 0.410 e. The molecule has 2 heterocycles. The van der Waals surface area contributed by atoms with Crippen molar-refractivity contribution in [3.05, 3.63) is 48.7 Å². The molecule has 1 atom stereocenters. The highest BCUT2D eigenvalue weighted by atomic mass is 16.6. The predicted octanol–water partition coefficient (Wildman–Crippen LogP) is 3.73. The Balaban J connectivity index is 1.95. The summed E-state index contributed by atoms with van der Waals surface area (Å²) >= 11 is 0. The highest BCUT2D eigenvalue weighted by Gasteiger charge is 2.40. The van der Waals surface area contributed by atoms with Gasteiger partial charge in [0.2, 0.25) is 0 Å². The first kappa shape index (κ1) is 19.7. The Morgan fingerprint density at radius 2 is 1.89 bits per heavy atom. The second kappa shape index (κ2) is 7.88. The van der Waals surface area contributed by atoms with Gasteiger partial charge < -0.3 is 10.5 Å². The lowest BCUT2D eigenvalue weighted by atomic mass is 10.1. The van der Waals surface area contributed by atoms with Crippen LogP contribution in [0.5, 0.6) is 0 Å². The van der Waals surface area contributed by atoms with Crippen molar-refractivity contribution >= 4 is 29.2 Å². The molecule has 28 heavy (non-hydrogen) atoms. The highest BCUT2D eigenvalue weighted by molar-refractivity contribution is 6.05. The summed E-state index contributed by atoms with van der Waals surface area (Å²) in [5, 5.41) is 0. The van der Waals surface area contributed by atoms with Gasteiger partial charge in [-0.2, -0.15) is 0 Å². The molecule has 3 rings (SSSR count). The fourth-order valence-corrected chi connectivity index (χ4v) is 3.24. The number of carbonyl (C=O) groups is 2. The van der Waals surface area contributed by atoms with Crippen molar-refractivity contribution in [2.24, 2.45) is 0 Å². The van der Waals surface area contributed by atoms with Gasteiger partial charge in [-0.1, -0.05) is 18.2 Å². The van der Waals surface area contributed by atoms with E-state index in [1.807, 2.05) is 51.1 Å². The Labute approximate surface area is 165 Å². The third-order valence-corrected chi connectivity index (χ3v) is 4.43. The van der Waals surface area contributed by atoms with E-state index in [0.29, 0.717) is 30.2 Å². The SMILES string of the molecule is CC(C)(C)OC(=O)N1CCCC1C(=O)N(c1ccccc1)c1ncccc1N. The van der Waals surface area contributed by atoms with E-state index in [2.05, 4.69) is 4.98 Å². The minimum absolute atomic E-state index is 0.250. The van der Waals surface area contributed by atoms with Crippen LogP contribution in [0.25, 0.3) is 0 Å². The van der Waals surface area contributed by atoms with Gasteiger partial charge in [0.05, 0.1) is 11.4 Å². The zero-order chi connectivity index (χ0) is 20.3. The van der Waals surface area contributed by atoms with E-state index in [1.54, 1.807) is 18.3 Å². The Hall–Kier alpha value is -3.09. The predicted molar refractivity (Wildman–Crippen MR) is 108 cm³/mol. The Kier molecular flexibility index (Phi) is 5.53. The van der Waals surface area contributed by atoms with E-state index in [-0.39, 0.29) is 5.91 Å². The molecular formula is C21H26N4O3. The molecule has 0 bridgehead atoms. The van der Waals surface area contributed by atoms with Gasteiger partial charge in [-0.15, -0.1) is 0 Å². The van der Waals surface area contributed by atoms with Gasteiger partial charge in [0.1, 0.15) is 11.6 Å². The number of hydrogen-bond donors (Lipinski definition) is 1. The fourth-order valence-electron chi connectivity index (χ4n) is 3.24. The van der Waals surface area contributed by atoms with E-state index in [0.717, 1.165) is 6.42 Å². The van der Waals surface area contributed by atoms with E-state index in [1.165, 1.54) is 9.80 Å². The molecule has 2 aromatic rings. The van der Waals surface area contributed by atoms with Gasteiger partial charge in [-0.3, -0.25) is 14.6 Å². The number of carbonyl (C=O) groups excluding carboxylic acids is 2. The summed E-state index contributed by atoms with van der Waals surface area (Å²) in [5.41, 5.74) is 6.52. The first-order valence-electron chi connectivity index (χ1n) is 9.37. The Bertz CT molecular complexity index is 848. The molecule has 0 spiro atoms. The summed E-state index contributed by atoms with van der Waals surface area (Å²) in [4.78, 5) is 33.5. The third-order valence-electron chi connectivity index (χ3n) is 4.43. The molecule has 148 valence electrons. The normalized spacial score (nSPS) is 16.7. The van der Waals surface area contributed by atoms with Crippen molar-refractivity contribution in [2.75, 3.05) is 17.2 Å². The molecule has 0 aliphatic carbocycles. The molecule has 1 aromatic carbocycles. The lowest BCUT2D eigenvalue weighted by Crippen LogP contribution is -2.48. The number of ether oxygens (including phenoxy) is 1. The Morgan fingerprint density at radius 3 is 2.54 bits per heavy atom. The zero-order valence-corrected chi connectivity index (χ0v) is 16.5. The topological polar surface area (TPSA) is 88.8 Å². The van der Waals surface area contributed by atoms with Gasteiger partial charge in [0.25, 0.3) is 5.91 Å². The first-order valence-corrected chi connectivity index (χ1v) is 9.37. The van der Waals surface area contributed by atoms with Crippen molar-refractivity contribution in [1.82, 2.24) is 9.88 Å². The summed E-state index contributed by atoms with van der Waals surface area (Å²) in [5.74, 6) is 0.106. The van der Waals surface area contributed by atoms with Crippen LogP contribution in [0.2, 0.25) is 0 Å². The number of nitrogens with two attached hydrogens (primary N) is 1.